The molecule has 3 rings (SSSR count). The number of benzene rings is 1. The summed E-state index contributed by atoms with van der Waals surface area (Å²) < 4.78 is 0. The second-order valence-electron chi connectivity index (χ2n) is 5.80. The normalized spacial score (nSPS) is 30.1. The van der Waals surface area contributed by atoms with Crippen molar-refractivity contribution < 1.29 is 0 Å². The lowest BCUT2D eigenvalue weighted by Gasteiger charge is -2.42. The molecule has 1 aliphatic heterocycles. The second-order valence-corrected chi connectivity index (χ2v) is 5.80. The summed E-state index contributed by atoms with van der Waals surface area (Å²) in [6.45, 7) is 4.58. The Labute approximate surface area is 110 Å². The first-order chi connectivity index (χ1) is 8.83. The highest BCUT2D eigenvalue weighted by Crippen LogP contribution is 2.42. The van der Waals surface area contributed by atoms with Crippen LogP contribution in [0.1, 0.15) is 57.6 Å². The molecule has 1 aromatic carbocycles. The number of anilines is 1. The molecule has 0 aromatic heterocycles. The van der Waals surface area contributed by atoms with E-state index in [0.717, 1.165) is 12.0 Å². The summed E-state index contributed by atoms with van der Waals surface area (Å²) in [6.07, 6.45) is 6.53. The monoisotopic (exact) mass is 244 g/mol. The lowest BCUT2D eigenvalue weighted by Crippen LogP contribution is -2.49. The van der Waals surface area contributed by atoms with Crippen LogP contribution in [0.25, 0.3) is 0 Å². The number of nitrogens with one attached hydrogen (secondary N) is 1. The third-order valence-corrected chi connectivity index (χ3v) is 4.60. The van der Waals surface area contributed by atoms with Gasteiger partial charge >= 0.3 is 0 Å². The molecular formula is C16H24N2. The molecule has 2 nitrogen and oxygen atoms in total. The molecule has 98 valence electrons. The first-order valence-electron chi connectivity index (χ1n) is 7.47. The summed E-state index contributed by atoms with van der Waals surface area (Å²) in [5, 5.41) is 2.46. The SMILES string of the molecule is CCCC1NN(C2CC(CC)C2)c2ccccc21. The van der Waals surface area contributed by atoms with E-state index in [4.69, 9.17) is 0 Å². The van der Waals surface area contributed by atoms with Crippen molar-refractivity contribution in [2.75, 3.05) is 5.01 Å². The van der Waals surface area contributed by atoms with Crippen LogP contribution in [0, 0.1) is 5.92 Å². The lowest BCUT2D eigenvalue weighted by molar-refractivity contribution is 0.229. The van der Waals surface area contributed by atoms with Gasteiger partial charge in [-0.1, -0.05) is 44.9 Å². The molecule has 1 aromatic rings. The minimum atomic E-state index is 0.534. The molecule has 0 amide bonds. The Morgan fingerprint density at radius 2 is 2.00 bits per heavy atom. The van der Waals surface area contributed by atoms with Crippen LogP contribution in [-0.4, -0.2) is 6.04 Å². The number of para-hydroxylation sites is 1. The molecule has 2 heteroatoms. The van der Waals surface area contributed by atoms with E-state index in [1.807, 2.05) is 0 Å². The Bertz CT molecular complexity index is 409. The van der Waals surface area contributed by atoms with Crippen LogP contribution < -0.4 is 10.4 Å². The number of hydrogen-bond donors (Lipinski definition) is 1. The molecule has 0 radical (unpaired) electrons. The molecule has 18 heavy (non-hydrogen) atoms. The molecular weight excluding hydrogens is 220 g/mol. The fourth-order valence-electron chi connectivity index (χ4n) is 3.36. The van der Waals surface area contributed by atoms with Crippen molar-refractivity contribution in [1.82, 2.24) is 5.43 Å². The molecule has 0 bridgehead atoms. The average molecular weight is 244 g/mol. The fraction of sp³-hybridized carbons (Fsp3) is 0.625. The van der Waals surface area contributed by atoms with E-state index >= 15 is 0 Å². The zero-order valence-electron chi connectivity index (χ0n) is 11.5. The molecule has 1 N–H and O–H groups in total. The van der Waals surface area contributed by atoms with Crippen molar-refractivity contribution in [2.24, 2.45) is 5.92 Å². The van der Waals surface area contributed by atoms with Gasteiger partial charge in [0.1, 0.15) is 0 Å². The van der Waals surface area contributed by atoms with E-state index in [2.05, 4.69) is 48.5 Å². The van der Waals surface area contributed by atoms with E-state index in [1.165, 1.54) is 43.4 Å². The largest absolute Gasteiger partial charge is 0.304 e. The molecule has 0 saturated heterocycles. The molecule has 0 spiro atoms. The average Bonchev–Trinajstić information content (AvgIpc) is 2.69. The van der Waals surface area contributed by atoms with E-state index in [-0.39, 0.29) is 0 Å². The maximum atomic E-state index is 3.74. The Kier molecular flexibility index (Phi) is 3.29. The molecule has 1 saturated carbocycles. The topological polar surface area (TPSA) is 15.3 Å². The van der Waals surface area contributed by atoms with Crippen molar-refractivity contribution in [3.05, 3.63) is 29.8 Å². The van der Waals surface area contributed by atoms with Crippen molar-refractivity contribution in [3.8, 4) is 0 Å². The van der Waals surface area contributed by atoms with Gasteiger partial charge in [0.05, 0.1) is 11.7 Å². The van der Waals surface area contributed by atoms with Crippen LogP contribution >= 0.6 is 0 Å². The zero-order valence-corrected chi connectivity index (χ0v) is 11.5. The Hall–Kier alpha value is -1.02. The van der Waals surface area contributed by atoms with Gasteiger partial charge in [0.15, 0.2) is 0 Å². The fourth-order valence-corrected chi connectivity index (χ4v) is 3.36. The molecule has 1 unspecified atom stereocenters. The first-order valence-corrected chi connectivity index (χ1v) is 7.47. The molecule has 2 aliphatic rings. The van der Waals surface area contributed by atoms with E-state index < -0.39 is 0 Å². The Morgan fingerprint density at radius 1 is 1.22 bits per heavy atom. The van der Waals surface area contributed by atoms with Gasteiger partial charge in [-0.2, -0.15) is 0 Å². The van der Waals surface area contributed by atoms with Gasteiger partial charge in [-0.05, 0) is 36.8 Å². The summed E-state index contributed by atoms with van der Waals surface area (Å²) in [4.78, 5) is 0. The number of rotatable bonds is 4. The summed E-state index contributed by atoms with van der Waals surface area (Å²) in [7, 11) is 0. The van der Waals surface area contributed by atoms with E-state index in [0.29, 0.717) is 6.04 Å². The van der Waals surface area contributed by atoms with E-state index in [9.17, 15) is 0 Å². The summed E-state index contributed by atoms with van der Waals surface area (Å²) in [5.74, 6) is 0.953. The van der Waals surface area contributed by atoms with Crippen molar-refractivity contribution in [1.29, 1.82) is 0 Å². The molecule has 1 heterocycles. The minimum Gasteiger partial charge on any atom is -0.304 e. The standard InChI is InChI=1S/C16H24N2/c1-3-7-15-14-8-5-6-9-16(14)18(17-15)13-10-12(4-2)11-13/h5-6,8-9,12-13,15,17H,3-4,7,10-11H2,1-2H3. The third kappa shape index (κ3) is 1.93. The van der Waals surface area contributed by atoms with Gasteiger partial charge < -0.3 is 5.01 Å². The second kappa shape index (κ2) is 4.93. The van der Waals surface area contributed by atoms with Crippen LogP contribution in [-0.2, 0) is 0 Å². The van der Waals surface area contributed by atoms with Gasteiger partial charge in [-0.25, -0.2) is 5.43 Å². The van der Waals surface area contributed by atoms with Crippen LogP contribution in [0.3, 0.4) is 0 Å². The molecule has 1 fully saturated rings. The molecule has 1 aliphatic carbocycles. The predicted octanol–water partition coefficient (Wildman–Crippen LogP) is 4.04. The lowest BCUT2D eigenvalue weighted by atomic mass is 9.78. The summed E-state index contributed by atoms with van der Waals surface area (Å²) in [5.41, 5.74) is 6.66. The van der Waals surface area contributed by atoms with Crippen molar-refractivity contribution >= 4 is 5.69 Å². The molecule has 1 atom stereocenters. The van der Waals surface area contributed by atoms with Gasteiger partial charge in [0, 0.05) is 6.04 Å². The maximum absolute atomic E-state index is 3.74. The Balaban J connectivity index is 1.78. The number of hydrogen-bond acceptors (Lipinski definition) is 2. The minimum absolute atomic E-state index is 0.534. The number of nitrogens with zero attached hydrogens (tertiary/aromatic N) is 1. The first kappa shape index (κ1) is 12.0. The maximum Gasteiger partial charge on any atom is 0.0571 e. The number of fused-ring (bicyclic) bond motifs is 1. The van der Waals surface area contributed by atoms with E-state index in [1.54, 1.807) is 0 Å². The van der Waals surface area contributed by atoms with Crippen molar-refractivity contribution in [2.45, 2.75) is 58.0 Å². The van der Waals surface area contributed by atoms with Crippen LogP contribution in [0.2, 0.25) is 0 Å². The number of hydrazine groups is 1. The van der Waals surface area contributed by atoms with Crippen LogP contribution in [0.4, 0.5) is 5.69 Å². The van der Waals surface area contributed by atoms with Gasteiger partial charge in [-0.15, -0.1) is 0 Å². The highest BCUT2D eigenvalue weighted by molar-refractivity contribution is 5.59. The van der Waals surface area contributed by atoms with Crippen molar-refractivity contribution in [3.63, 3.8) is 0 Å². The van der Waals surface area contributed by atoms with Crippen LogP contribution in [0.15, 0.2) is 24.3 Å². The Morgan fingerprint density at radius 3 is 2.72 bits per heavy atom. The zero-order chi connectivity index (χ0) is 12.5. The highest BCUT2D eigenvalue weighted by atomic mass is 15.6. The highest BCUT2D eigenvalue weighted by Gasteiger charge is 2.38. The summed E-state index contributed by atoms with van der Waals surface area (Å²) >= 11 is 0. The quantitative estimate of drug-likeness (QED) is 0.860. The third-order valence-electron chi connectivity index (χ3n) is 4.60. The summed E-state index contributed by atoms with van der Waals surface area (Å²) in [6, 6.07) is 10.2. The van der Waals surface area contributed by atoms with Gasteiger partial charge in [-0.3, -0.25) is 0 Å². The van der Waals surface area contributed by atoms with Gasteiger partial charge in [0.2, 0.25) is 0 Å². The van der Waals surface area contributed by atoms with Gasteiger partial charge in [0.25, 0.3) is 0 Å². The van der Waals surface area contributed by atoms with Crippen LogP contribution in [0.5, 0.6) is 0 Å². The predicted molar refractivity (Wildman–Crippen MR) is 76.5 cm³/mol. The smallest absolute Gasteiger partial charge is 0.0571 e.